The highest BCUT2D eigenvalue weighted by Crippen LogP contribution is 2.25. The van der Waals surface area contributed by atoms with Crippen LogP contribution in [0.15, 0.2) is 35.3 Å². The van der Waals surface area contributed by atoms with Gasteiger partial charge in [0.2, 0.25) is 0 Å². The van der Waals surface area contributed by atoms with Crippen LogP contribution in [0.4, 0.5) is 0 Å². The summed E-state index contributed by atoms with van der Waals surface area (Å²) in [7, 11) is 1.84. The second-order valence-corrected chi connectivity index (χ2v) is 7.57. The molecule has 0 amide bonds. The quantitative estimate of drug-likeness (QED) is 0.405. The second kappa shape index (κ2) is 9.19. The highest BCUT2D eigenvalue weighted by Gasteiger charge is 2.34. The van der Waals surface area contributed by atoms with Crippen molar-refractivity contribution < 1.29 is 4.74 Å². The van der Waals surface area contributed by atoms with E-state index in [1.54, 1.807) is 0 Å². The molecule has 25 heavy (non-hydrogen) atoms. The van der Waals surface area contributed by atoms with Crippen molar-refractivity contribution in [3.8, 4) is 0 Å². The van der Waals surface area contributed by atoms with Gasteiger partial charge in [0, 0.05) is 44.2 Å². The number of likely N-dealkylation sites (tertiary alicyclic amines) is 1. The number of nitrogens with zero attached hydrogens (tertiary/aromatic N) is 2. The molecule has 2 heterocycles. The van der Waals surface area contributed by atoms with Gasteiger partial charge in [0.1, 0.15) is 0 Å². The van der Waals surface area contributed by atoms with E-state index in [1.807, 2.05) is 7.05 Å². The van der Waals surface area contributed by atoms with Gasteiger partial charge in [-0.25, -0.2) is 0 Å². The van der Waals surface area contributed by atoms with Crippen LogP contribution >= 0.6 is 24.0 Å². The zero-order valence-corrected chi connectivity index (χ0v) is 17.8. The number of hydrogen-bond acceptors (Lipinski definition) is 3. The van der Waals surface area contributed by atoms with Crippen LogP contribution < -0.4 is 10.6 Å². The molecule has 1 aromatic carbocycles. The number of halogens is 1. The van der Waals surface area contributed by atoms with Gasteiger partial charge in [0.05, 0.1) is 13.2 Å². The molecule has 6 heteroatoms. The van der Waals surface area contributed by atoms with Crippen LogP contribution in [0.25, 0.3) is 0 Å². The Hall–Kier alpha value is -0.860. The average molecular weight is 458 g/mol. The third kappa shape index (κ3) is 5.56. The van der Waals surface area contributed by atoms with Gasteiger partial charge in [-0.1, -0.05) is 37.3 Å². The number of nitrogens with one attached hydrogen (secondary N) is 2. The monoisotopic (exact) mass is 458 g/mol. The molecule has 2 aliphatic rings. The average Bonchev–Trinajstić information content (AvgIpc) is 2.90. The Morgan fingerprint density at radius 2 is 2.04 bits per heavy atom. The van der Waals surface area contributed by atoms with Crippen molar-refractivity contribution in [2.45, 2.75) is 38.9 Å². The van der Waals surface area contributed by atoms with Gasteiger partial charge in [0.25, 0.3) is 0 Å². The molecule has 0 bridgehead atoms. The first-order valence-corrected chi connectivity index (χ1v) is 8.91. The smallest absolute Gasteiger partial charge is 0.191 e. The predicted octanol–water partition coefficient (Wildman–Crippen LogP) is 2.47. The molecule has 2 N–H and O–H groups in total. The van der Waals surface area contributed by atoms with Gasteiger partial charge in [-0.05, 0) is 18.9 Å². The van der Waals surface area contributed by atoms with Crippen molar-refractivity contribution in [2.75, 3.05) is 33.4 Å². The van der Waals surface area contributed by atoms with E-state index in [2.05, 4.69) is 64.7 Å². The molecule has 3 rings (SSSR count). The minimum atomic E-state index is 0. The zero-order chi connectivity index (χ0) is 17.0. The van der Waals surface area contributed by atoms with E-state index < -0.39 is 0 Å². The lowest BCUT2D eigenvalue weighted by Gasteiger charge is -2.38. The van der Waals surface area contributed by atoms with E-state index in [-0.39, 0.29) is 29.4 Å². The normalized spacial score (nSPS) is 25.8. The maximum atomic E-state index is 5.32. The van der Waals surface area contributed by atoms with Crippen molar-refractivity contribution in [1.29, 1.82) is 0 Å². The third-order valence-electron chi connectivity index (χ3n) is 5.08. The van der Waals surface area contributed by atoms with Gasteiger partial charge >= 0.3 is 0 Å². The summed E-state index contributed by atoms with van der Waals surface area (Å²) >= 11 is 0. The molecule has 0 spiro atoms. The van der Waals surface area contributed by atoms with Crippen LogP contribution in [0, 0.1) is 5.41 Å². The molecular weight excluding hydrogens is 427 g/mol. The van der Waals surface area contributed by atoms with Gasteiger partial charge in [-0.15, -0.1) is 24.0 Å². The fourth-order valence-corrected chi connectivity index (χ4v) is 3.48. The van der Waals surface area contributed by atoms with E-state index in [0.29, 0.717) is 12.1 Å². The minimum Gasteiger partial charge on any atom is -0.380 e. The van der Waals surface area contributed by atoms with Crippen molar-refractivity contribution in [3.63, 3.8) is 0 Å². The van der Waals surface area contributed by atoms with Crippen molar-refractivity contribution in [3.05, 3.63) is 35.9 Å². The number of hydrogen-bond donors (Lipinski definition) is 2. The van der Waals surface area contributed by atoms with E-state index >= 15 is 0 Å². The Morgan fingerprint density at radius 3 is 2.64 bits per heavy atom. The van der Waals surface area contributed by atoms with Crippen LogP contribution in [0.3, 0.4) is 0 Å². The van der Waals surface area contributed by atoms with Crippen molar-refractivity contribution >= 4 is 29.9 Å². The number of benzene rings is 1. The lowest BCUT2D eigenvalue weighted by molar-refractivity contribution is -0.0971. The first kappa shape index (κ1) is 20.5. The summed E-state index contributed by atoms with van der Waals surface area (Å²) in [5.74, 6) is 0.905. The lowest BCUT2D eigenvalue weighted by Crippen LogP contribution is -2.52. The number of aliphatic imine (C=N–C) groups is 1. The van der Waals surface area contributed by atoms with E-state index in [1.165, 1.54) is 5.56 Å². The van der Waals surface area contributed by atoms with Crippen molar-refractivity contribution in [2.24, 2.45) is 10.4 Å². The summed E-state index contributed by atoms with van der Waals surface area (Å²) in [5.41, 5.74) is 1.63. The maximum absolute atomic E-state index is 5.32. The summed E-state index contributed by atoms with van der Waals surface area (Å²) in [4.78, 5) is 6.93. The summed E-state index contributed by atoms with van der Waals surface area (Å²) in [6.07, 6.45) is 1.15. The molecule has 2 unspecified atom stereocenters. The van der Waals surface area contributed by atoms with Crippen LogP contribution in [-0.4, -0.2) is 56.3 Å². The van der Waals surface area contributed by atoms with E-state index in [0.717, 1.165) is 45.2 Å². The van der Waals surface area contributed by atoms with Gasteiger partial charge in [-0.2, -0.15) is 0 Å². The Morgan fingerprint density at radius 1 is 1.32 bits per heavy atom. The molecule has 0 aromatic heterocycles. The van der Waals surface area contributed by atoms with Gasteiger partial charge in [-0.3, -0.25) is 9.89 Å². The Balaban J connectivity index is 0.00000225. The highest BCUT2D eigenvalue weighted by atomic mass is 127. The molecule has 0 saturated carbocycles. The molecule has 0 radical (unpaired) electrons. The van der Waals surface area contributed by atoms with Gasteiger partial charge in [0.15, 0.2) is 5.96 Å². The molecule has 2 saturated heterocycles. The van der Waals surface area contributed by atoms with Crippen LogP contribution in [0.5, 0.6) is 0 Å². The first-order chi connectivity index (χ1) is 11.6. The third-order valence-corrected chi connectivity index (χ3v) is 5.08. The molecule has 2 fully saturated rings. The Labute approximate surface area is 168 Å². The standard InChI is InChI=1S/C19H30N4O.HI/c1-15-9-17(11-23(15)10-16-7-5-4-6-8-16)22-18(20-3)21-12-19(2)13-24-14-19;/h4-8,15,17H,9-14H2,1-3H3,(H2,20,21,22);1H. The SMILES string of the molecule is CN=C(NCC1(C)COC1)NC1CC(C)N(Cc2ccccc2)C1.I. The topological polar surface area (TPSA) is 48.9 Å². The summed E-state index contributed by atoms with van der Waals surface area (Å²) in [6.45, 7) is 9.20. The fraction of sp³-hybridized carbons (Fsp3) is 0.632. The summed E-state index contributed by atoms with van der Waals surface area (Å²) in [5, 5.41) is 7.05. The molecule has 0 aliphatic carbocycles. The molecule has 1 aromatic rings. The van der Waals surface area contributed by atoms with Gasteiger partial charge < -0.3 is 15.4 Å². The molecular formula is C19H31IN4O. The Kier molecular flexibility index (Phi) is 7.51. The number of ether oxygens (including phenoxy) is 1. The van der Waals surface area contributed by atoms with E-state index in [9.17, 15) is 0 Å². The summed E-state index contributed by atoms with van der Waals surface area (Å²) in [6, 6.07) is 11.7. The lowest BCUT2D eigenvalue weighted by atomic mass is 9.89. The van der Waals surface area contributed by atoms with Crippen LogP contribution in [-0.2, 0) is 11.3 Å². The van der Waals surface area contributed by atoms with E-state index in [4.69, 9.17) is 4.74 Å². The number of rotatable bonds is 5. The molecule has 140 valence electrons. The number of guanidine groups is 1. The predicted molar refractivity (Wildman–Crippen MR) is 114 cm³/mol. The fourth-order valence-electron chi connectivity index (χ4n) is 3.48. The Bertz CT molecular complexity index is 562. The highest BCUT2D eigenvalue weighted by molar-refractivity contribution is 14.0. The zero-order valence-electron chi connectivity index (χ0n) is 15.5. The summed E-state index contributed by atoms with van der Waals surface area (Å²) < 4.78 is 5.32. The minimum absolute atomic E-state index is 0. The second-order valence-electron chi connectivity index (χ2n) is 7.57. The molecule has 2 aliphatic heterocycles. The first-order valence-electron chi connectivity index (χ1n) is 8.91. The molecule has 2 atom stereocenters. The molecule has 5 nitrogen and oxygen atoms in total. The largest absolute Gasteiger partial charge is 0.380 e. The maximum Gasteiger partial charge on any atom is 0.191 e. The van der Waals surface area contributed by atoms with Crippen molar-refractivity contribution in [1.82, 2.24) is 15.5 Å². The van der Waals surface area contributed by atoms with Crippen LogP contribution in [0.1, 0.15) is 25.8 Å². The van der Waals surface area contributed by atoms with Crippen LogP contribution in [0.2, 0.25) is 0 Å².